The minimum atomic E-state index is 0.756. The van der Waals surface area contributed by atoms with Gasteiger partial charge in [-0.3, -0.25) is 0 Å². The van der Waals surface area contributed by atoms with Crippen LogP contribution in [0.3, 0.4) is 0 Å². The van der Waals surface area contributed by atoms with Crippen molar-refractivity contribution in [3.05, 3.63) is 0 Å². The molecule has 0 saturated carbocycles. The lowest BCUT2D eigenvalue weighted by atomic mass is 10.1. The third-order valence-corrected chi connectivity index (χ3v) is 2.38. The molecule has 11 heavy (non-hydrogen) atoms. The third-order valence-electron chi connectivity index (χ3n) is 2.38. The minimum absolute atomic E-state index is 0.756. The van der Waals surface area contributed by atoms with Crippen LogP contribution in [0, 0.1) is 5.92 Å². The first-order valence-electron chi connectivity index (χ1n) is 4.44. The Balaban J connectivity index is 2.09. The zero-order chi connectivity index (χ0) is 8.10. The van der Waals surface area contributed by atoms with E-state index in [2.05, 4.69) is 10.2 Å². The summed E-state index contributed by atoms with van der Waals surface area (Å²) in [5, 5.41) is 3.15. The highest BCUT2D eigenvalue weighted by Crippen LogP contribution is 2.13. The number of nitrogens with two attached hydrogens (primary N) is 1. The van der Waals surface area contributed by atoms with Gasteiger partial charge in [-0.05, 0) is 32.5 Å². The van der Waals surface area contributed by atoms with Gasteiger partial charge in [0.1, 0.15) is 0 Å². The van der Waals surface area contributed by atoms with E-state index in [0.717, 1.165) is 19.0 Å². The van der Waals surface area contributed by atoms with Crippen LogP contribution in [0.5, 0.6) is 0 Å². The quantitative estimate of drug-likeness (QED) is 0.577. The maximum absolute atomic E-state index is 5.58. The number of hydrogen-bond donors (Lipinski definition) is 2. The molecule has 3 nitrogen and oxygen atoms in total. The predicted molar refractivity (Wildman–Crippen MR) is 47.5 cm³/mol. The standard InChI is InChI=1S/C8H19N3/c1-10-3-5-11-4-2-8(6-9)7-11/h8,10H,2-7,9H2,1H3. The van der Waals surface area contributed by atoms with Gasteiger partial charge in [0.25, 0.3) is 0 Å². The summed E-state index contributed by atoms with van der Waals surface area (Å²) in [5.74, 6) is 0.756. The fraction of sp³-hybridized carbons (Fsp3) is 1.00. The topological polar surface area (TPSA) is 41.3 Å². The Bertz CT molecular complexity index is 106. The number of hydrogen-bond acceptors (Lipinski definition) is 3. The monoisotopic (exact) mass is 157 g/mol. The van der Waals surface area contributed by atoms with E-state index in [9.17, 15) is 0 Å². The Morgan fingerprint density at radius 3 is 3.00 bits per heavy atom. The minimum Gasteiger partial charge on any atom is -0.330 e. The molecular formula is C8H19N3. The van der Waals surface area contributed by atoms with Gasteiger partial charge in [0.05, 0.1) is 0 Å². The average molecular weight is 157 g/mol. The van der Waals surface area contributed by atoms with E-state index in [1.165, 1.54) is 26.1 Å². The van der Waals surface area contributed by atoms with E-state index in [1.807, 2.05) is 7.05 Å². The van der Waals surface area contributed by atoms with Crippen molar-refractivity contribution in [1.29, 1.82) is 0 Å². The summed E-state index contributed by atoms with van der Waals surface area (Å²) in [6, 6.07) is 0. The molecule has 1 atom stereocenters. The lowest BCUT2D eigenvalue weighted by molar-refractivity contribution is 0.327. The molecule has 0 radical (unpaired) electrons. The van der Waals surface area contributed by atoms with Crippen LogP contribution in [0.15, 0.2) is 0 Å². The summed E-state index contributed by atoms with van der Waals surface area (Å²) in [7, 11) is 2.00. The molecule has 3 heteroatoms. The second-order valence-corrected chi connectivity index (χ2v) is 3.29. The van der Waals surface area contributed by atoms with Crippen molar-refractivity contribution in [2.45, 2.75) is 6.42 Å². The second kappa shape index (κ2) is 4.70. The number of likely N-dealkylation sites (tertiary alicyclic amines) is 1. The molecule has 3 N–H and O–H groups in total. The summed E-state index contributed by atoms with van der Waals surface area (Å²) in [5.41, 5.74) is 5.58. The van der Waals surface area contributed by atoms with E-state index in [1.54, 1.807) is 0 Å². The van der Waals surface area contributed by atoms with Crippen LogP contribution in [0.25, 0.3) is 0 Å². The van der Waals surface area contributed by atoms with Gasteiger partial charge in [0.15, 0.2) is 0 Å². The van der Waals surface area contributed by atoms with Crippen LogP contribution in [-0.2, 0) is 0 Å². The Labute approximate surface area is 68.9 Å². The van der Waals surface area contributed by atoms with Gasteiger partial charge in [-0.25, -0.2) is 0 Å². The van der Waals surface area contributed by atoms with Crippen molar-refractivity contribution in [2.75, 3.05) is 39.8 Å². The molecule has 1 aliphatic heterocycles. The summed E-state index contributed by atoms with van der Waals surface area (Å²) in [6.07, 6.45) is 1.29. The predicted octanol–water partition coefficient (Wildman–Crippen LogP) is -0.514. The molecule has 0 spiro atoms. The molecule has 1 rings (SSSR count). The lowest BCUT2D eigenvalue weighted by Gasteiger charge is -2.14. The van der Waals surface area contributed by atoms with Gasteiger partial charge in [0.2, 0.25) is 0 Å². The molecule has 66 valence electrons. The van der Waals surface area contributed by atoms with E-state index in [-0.39, 0.29) is 0 Å². The average Bonchev–Trinajstić information content (AvgIpc) is 2.48. The summed E-state index contributed by atoms with van der Waals surface area (Å²) >= 11 is 0. The zero-order valence-electron chi connectivity index (χ0n) is 7.34. The van der Waals surface area contributed by atoms with Crippen molar-refractivity contribution in [1.82, 2.24) is 10.2 Å². The molecule has 0 aliphatic carbocycles. The highest BCUT2D eigenvalue weighted by atomic mass is 15.2. The van der Waals surface area contributed by atoms with E-state index in [4.69, 9.17) is 5.73 Å². The normalized spacial score (nSPS) is 26.2. The molecule has 0 bridgehead atoms. The molecule has 0 aromatic carbocycles. The molecule has 1 unspecified atom stereocenters. The molecule has 1 fully saturated rings. The van der Waals surface area contributed by atoms with Gasteiger partial charge in [0, 0.05) is 19.6 Å². The first-order chi connectivity index (χ1) is 5.36. The number of rotatable bonds is 4. The van der Waals surface area contributed by atoms with E-state index >= 15 is 0 Å². The SMILES string of the molecule is CNCCN1CCC(CN)C1. The fourth-order valence-corrected chi connectivity index (χ4v) is 1.58. The second-order valence-electron chi connectivity index (χ2n) is 3.29. The van der Waals surface area contributed by atoms with Crippen molar-refractivity contribution >= 4 is 0 Å². The van der Waals surface area contributed by atoms with Crippen molar-refractivity contribution in [3.63, 3.8) is 0 Å². The summed E-state index contributed by atoms with van der Waals surface area (Å²) in [4.78, 5) is 2.48. The van der Waals surface area contributed by atoms with Crippen LogP contribution >= 0.6 is 0 Å². The van der Waals surface area contributed by atoms with Gasteiger partial charge in [-0.1, -0.05) is 0 Å². The Morgan fingerprint density at radius 2 is 2.45 bits per heavy atom. The lowest BCUT2D eigenvalue weighted by Crippen LogP contribution is -2.29. The van der Waals surface area contributed by atoms with Crippen molar-refractivity contribution in [3.8, 4) is 0 Å². The maximum atomic E-state index is 5.58. The molecule has 0 aromatic rings. The summed E-state index contributed by atoms with van der Waals surface area (Å²) in [6.45, 7) is 5.57. The molecule has 1 saturated heterocycles. The highest BCUT2D eigenvalue weighted by molar-refractivity contribution is 4.75. The molecule has 1 aliphatic rings. The van der Waals surface area contributed by atoms with Crippen LogP contribution in [0.1, 0.15) is 6.42 Å². The van der Waals surface area contributed by atoms with Crippen LogP contribution in [-0.4, -0.2) is 44.7 Å². The number of nitrogens with zero attached hydrogens (tertiary/aromatic N) is 1. The number of likely N-dealkylation sites (N-methyl/N-ethyl adjacent to an activating group) is 1. The van der Waals surface area contributed by atoms with Crippen LogP contribution in [0.2, 0.25) is 0 Å². The molecular weight excluding hydrogens is 138 g/mol. The Morgan fingerprint density at radius 1 is 1.64 bits per heavy atom. The summed E-state index contributed by atoms with van der Waals surface area (Å²) < 4.78 is 0. The third kappa shape index (κ3) is 2.77. The first kappa shape index (κ1) is 8.97. The van der Waals surface area contributed by atoms with E-state index in [0.29, 0.717) is 0 Å². The van der Waals surface area contributed by atoms with Crippen LogP contribution in [0.4, 0.5) is 0 Å². The van der Waals surface area contributed by atoms with Gasteiger partial charge in [-0.15, -0.1) is 0 Å². The van der Waals surface area contributed by atoms with Gasteiger partial charge in [-0.2, -0.15) is 0 Å². The zero-order valence-corrected chi connectivity index (χ0v) is 7.34. The van der Waals surface area contributed by atoms with Crippen LogP contribution < -0.4 is 11.1 Å². The van der Waals surface area contributed by atoms with Crippen molar-refractivity contribution < 1.29 is 0 Å². The Kier molecular flexibility index (Phi) is 3.83. The van der Waals surface area contributed by atoms with E-state index < -0.39 is 0 Å². The molecule has 1 heterocycles. The maximum Gasteiger partial charge on any atom is 0.0107 e. The molecule has 0 aromatic heterocycles. The molecule has 0 amide bonds. The largest absolute Gasteiger partial charge is 0.330 e. The number of nitrogens with one attached hydrogen (secondary N) is 1. The smallest absolute Gasteiger partial charge is 0.0107 e. The first-order valence-corrected chi connectivity index (χ1v) is 4.44. The fourth-order valence-electron chi connectivity index (χ4n) is 1.58. The van der Waals surface area contributed by atoms with Gasteiger partial charge >= 0.3 is 0 Å². The Hall–Kier alpha value is -0.120. The highest BCUT2D eigenvalue weighted by Gasteiger charge is 2.19. The van der Waals surface area contributed by atoms with Gasteiger partial charge < -0.3 is 16.0 Å². The van der Waals surface area contributed by atoms with Crippen molar-refractivity contribution in [2.24, 2.45) is 11.7 Å².